The van der Waals surface area contributed by atoms with E-state index >= 15 is 0 Å². The molecule has 0 radical (unpaired) electrons. The van der Waals surface area contributed by atoms with E-state index in [0.717, 1.165) is 50.0 Å². The lowest BCUT2D eigenvalue weighted by molar-refractivity contribution is -0.131. The number of anilines is 1. The quantitative estimate of drug-likeness (QED) is 0.436. The molecule has 9 nitrogen and oxygen atoms in total. The first-order chi connectivity index (χ1) is 17.0. The Bertz CT molecular complexity index is 1370. The van der Waals surface area contributed by atoms with E-state index < -0.39 is 12.5 Å². The minimum Gasteiger partial charge on any atom is -0.479 e. The van der Waals surface area contributed by atoms with Gasteiger partial charge in [-0.2, -0.15) is 4.98 Å². The number of aromatic nitrogens is 6. The lowest BCUT2D eigenvalue weighted by atomic mass is 9.71. The molecule has 0 amide bonds. The van der Waals surface area contributed by atoms with Gasteiger partial charge in [-0.3, -0.25) is 0 Å². The monoisotopic (exact) mass is 483 g/mol. The van der Waals surface area contributed by atoms with Crippen molar-refractivity contribution in [3.05, 3.63) is 30.5 Å². The van der Waals surface area contributed by atoms with Gasteiger partial charge in [0, 0.05) is 23.2 Å². The van der Waals surface area contributed by atoms with Crippen molar-refractivity contribution in [1.29, 1.82) is 0 Å². The van der Waals surface area contributed by atoms with E-state index in [9.17, 15) is 8.78 Å². The van der Waals surface area contributed by atoms with Crippen LogP contribution < -0.4 is 10.1 Å². The Morgan fingerprint density at radius 2 is 2.00 bits per heavy atom. The summed E-state index contributed by atoms with van der Waals surface area (Å²) in [5.74, 6) is 0.959. The summed E-state index contributed by atoms with van der Waals surface area (Å²) in [7, 11) is 1.58. The van der Waals surface area contributed by atoms with Crippen LogP contribution >= 0.6 is 0 Å². The number of ether oxygens (including phenoxy) is 2. The van der Waals surface area contributed by atoms with Crippen molar-refractivity contribution in [2.45, 2.75) is 51.1 Å². The Hall–Kier alpha value is -3.34. The van der Waals surface area contributed by atoms with Crippen LogP contribution in [0.1, 0.15) is 38.6 Å². The largest absolute Gasteiger partial charge is 0.479 e. The second kappa shape index (κ2) is 8.40. The molecule has 6 rings (SSSR count). The lowest BCUT2D eigenvalue weighted by Crippen LogP contribution is -2.47. The zero-order valence-corrected chi connectivity index (χ0v) is 19.6. The van der Waals surface area contributed by atoms with Crippen molar-refractivity contribution in [2.75, 3.05) is 25.6 Å². The first-order valence-corrected chi connectivity index (χ1v) is 11.9. The number of hydrogen-bond donors (Lipinski definition) is 1. The molecule has 1 N–H and O–H groups in total. The summed E-state index contributed by atoms with van der Waals surface area (Å²) in [6.45, 7) is 3.19. The second-order valence-corrected chi connectivity index (χ2v) is 9.69. The van der Waals surface area contributed by atoms with Crippen LogP contribution in [0.4, 0.5) is 14.7 Å². The molecule has 184 valence electrons. The molecular formula is C24H27F2N7O2. The first kappa shape index (κ1) is 22.1. The van der Waals surface area contributed by atoms with Gasteiger partial charge >= 0.3 is 0 Å². The zero-order chi connectivity index (χ0) is 24.2. The van der Waals surface area contributed by atoms with Crippen LogP contribution in [0.5, 0.6) is 5.88 Å². The predicted molar refractivity (Wildman–Crippen MR) is 126 cm³/mol. The molecule has 1 saturated heterocycles. The molecule has 1 aliphatic heterocycles. The maximum Gasteiger partial charge on any atom is 0.260 e. The fraction of sp³-hybridized carbons (Fsp3) is 0.500. The molecule has 2 aliphatic rings. The molecule has 4 heterocycles. The molecule has 11 heteroatoms. The van der Waals surface area contributed by atoms with Crippen LogP contribution in [0, 0.1) is 5.41 Å². The molecular weight excluding hydrogens is 456 g/mol. The topological polar surface area (TPSA) is 91.4 Å². The fourth-order valence-electron chi connectivity index (χ4n) is 5.18. The molecule has 0 unspecified atom stereocenters. The third kappa shape index (κ3) is 3.78. The van der Waals surface area contributed by atoms with Crippen LogP contribution in [0.3, 0.4) is 0 Å². The SMILES string of the molecule is COc1nc(NC2CCC3(CC2)COC3)nn2ccc(-c3ccc4nnn([C@@H](C)C(F)F)c4c3)c12. The minimum absolute atomic E-state index is 0.311. The average Bonchev–Trinajstić information content (AvgIpc) is 3.46. The molecule has 1 aliphatic carbocycles. The highest BCUT2D eigenvalue weighted by molar-refractivity contribution is 5.89. The smallest absolute Gasteiger partial charge is 0.260 e. The number of halogens is 2. The molecule has 0 bridgehead atoms. The van der Waals surface area contributed by atoms with Gasteiger partial charge in [0.1, 0.15) is 17.1 Å². The van der Waals surface area contributed by atoms with Crippen molar-refractivity contribution in [3.63, 3.8) is 0 Å². The summed E-state index contributed by atoms with van der Waals surface area (Å²) >= 11 is 0. The summed E-state index contributed by atoms with van der Waals surface area (Å²) in [4.78, 5) is 4.64. The number of methoxy groups -OCH3 is 1. The maximum absolute atomic E-state index is 13.3. The highest BCUT2D eigenvalue weighted by Gasteiger charge is 2.41. The molecule has 3 aromatic heterocycles. The summed E-state index contributed by atoms with van der Waals surface area (Å²) < 4.78 is 40.7. The number of hydrogen-bond acceptors (Lipinski definition) is 7. The normalized spacial score (nSPS) is 18.9. The van der Waals surface area contributed by atoms with Gasteiger partial charge in [-0.1, -0.05) is 11.3 Å². The number of nitrogens with zero attached hydrogens (tertiary/aromatic N) is 6. The van der Waals surface area contributed by atoms with E-state index in [1.807, 2.05) is 24.4 Å². The highest BCUT2D eigenvalue weighted by atomic mass is 19.3. The minimum atomic E-state index is -2.55. The Morgan fingerprint density at radius 3 is 2.69 bits per heavy atom. The average molecular weight is 484 g/mol. The fourth-order valence-corrected chi connectivity index (χ4v) is 5.18. The van der Waals surface area contributed by atoms with Gasteiger partial charge < -0.3 is 14.8 Å². The number of rotatable bonds is 6. The van der Waals surface area contributed by atoms with Gasteiger partial charge in [0.05, 0.1) is 25.8 Å². The number of fused-ring (bicyclic) bond motifs is 2. The van der Waals surface area contributed by atoms with Crippen LogP contribution in [-0.4, -0.2) is 62.4 Å². The van der Waals surface area contributed by atoms with Gasteiger partial charge in [0.25, 0.3) is 6.43 Å². The number of nitrogens with one attached hydrogen (secondary N) is 1. The van der Waals surface area contributed by atoms with Gasteiger partial charge in [0.15, 0.2) is 0 Å². The van der Waals surface area contributed by atoms with E-state index in [0.29, 0.717) is 39.8 Å². The Balaban J connectivity index is 1.32. The van der Waals surface area contributed by atoms with Crippen molar-refractivity contribution in [1.82, 2.24) is 29.6 Å². The summed E-state index contributed by atoms with van der Waals surface area (Å²) in [5.41, 5.74) is 3.83. The van der Waals surface area contributed by atoms with Crippen LogP contribution in [0.2, 0.25) is 0 Å². The number of benzene rings is 1. The number of alkyl halides is 2. The van der Waals surface area contributed by atoms with Crippen LogP contribution in [-0.2, 0) is 4.74 Å². The van der Waals surface area contributed by atoms with Gasteiger partial charge in [-0.05, 0) is 56.4 Å². The molecule has 1 saturated carbocycles. The Morgan fingerprint density at radius 1 is 1.20 bits per heavy atom. The van der Waals surface area contributed by atoms with Crippen molar-refractivity contribution in [3.8, 4) is 17.0 Å². The van der Waals surface area contributed by atoms with E-state index in [4.69, 9.17) is 9.47 Å². The van der Waals surface area contributed by atoms with E-state index in [1.54, 1.807) is 17.7 Å². The van der Waals surface area contributed by atoms with Gasteiger partial charge in [-0.25, -0.2) is 18.0 Å². The Labute approximate surface area is 200 Å². The predicted octanol–water partition coefficient (Wildman–Crippen LogP) is 4.35. The third-order valence-electron chi connectivity index (χ3n) is 7.40. The molecule has 1 atom stereocenters. The summed E-state index contributed by atoms with van der Waals surface area (Å²) in [5, 5.41) is 16.1. The second-order valence-electron chi connectivity index (χ2n) is 9.69. The Kier molecular flexibility index (Phi) is 5.32. The van der Waals surface area contributed by atoms with Crippen LogP contribution in [0.15, 0.2) is 30.5 Å². The lowest BCUT2D eigenvalue weighted by Gasteiger charge is -2.46. The first-order valence-electron chi connectivity index (χ1n) is 11.9. The third-order valence-corrected chi connectivity index (χ3v) is 7.40. The maximum atomic E-state index is 13.3. The summed E-state index contributed by atoms with van der Waals surface area (Å²) in [6.07, 6.45) is 3.72. The molecule has 1 spiro atoms. The van der Waals surface area contributed by atoms with Crippen molar-refractivity contribution < 1.29 is 18.3 Å². The molecule has 35 heavy (non-hydrogen) atoms. The zero-order valence-electron chi connectivity index (χ0n) is 19.6. The van der Waals surface area contributed by atoms with Crippen LogP contribution in [0.25, 0.3) is 27.7 Å². The highest BCUT2D eigenvalue weighted by Crippen LogP contribution is 2.43. The van der Waals surface area contributed by atoms with Crippen molar-refractivity contribution in [2.24, 2.45) is 5.41 Å². The van der Waals surface area contributed by atoms with Gasteiger partial charge in [-0.15, -0.1) is 10.2 Å². The molecule has 1 aromatic carbocycles. The molecule has 4 aromatic rings. The standard InChI is InChI=1S/C24H27F2N7O2/c1-14(21(25)26)33-19-11-15(3-4-18(19)29-31-33)17-7-10-32-20(17)22(34-2)28-23(30-32)27-16-5-8-24(9-6-16)12-35-13-24/h3-4,7,10-11,14,16,21H,5-6,8-9,12-13H2,1-2H3,(H,27,30)/t14-/m0/s1. The molecule has 2 fully saturated rings. The van der Waals surface area contributed by atoms with Crippen molar-refractivity contribution >= 4 is 22.5 Å². The van der Waals surface area contributed by atoms with Gasteiger partial charge in [0.2, 0.25) is 11.8 Å². The van der Waals surface area contributed by atoms with E-state index in [-0.39, 0.29) is 0 Å². The summed E-state index contributed by atoms with van der Waals surface area (Å²) in [6, 6.07) is 6.63. The van der Waals surface area contributed by atoms with E-state index in [2.05, 4.69) is 25.7 Å². The van der Waals surface area contributed by atoms with E-state index in [1.165, 1.54) is 11.6 Å².